The normalized spacial score (nSPS) is 16.3. The zero-order chi connectivity index (χ0) is 21.4. The van der Waals surface area contributed by atoms with Crippen LogP contribution >= 0.6 is 24.0 Å². The Balaban J connectivity index is 0.00000450. The van der Waals surface area contributed by atoms with Gasteiger partial charge < -0.3 is 20.4 Å². The van der Waals surface area contributed by atoms with Crippen LogP contribution in [0.15, 0.2) is 29.3 Å². The minimum absolute atomic E-state index is 0. The Kier molecular flexibility index (Phi) is 11.1. The summed E-state index contributed by atoms with van der Waals surface area (Å²) < 4.78 is 0. The SMILES string of the molecule is CCNC(=NCCc1cccc(C(=O)N(C)C)c1)NC1CCN(C(=O)C(C)C)C1.I. The molecule has 30 heavy (non-hydrogen) atoms. The first-order valence-corrected chi connectivity index (χ1v) is 10.5. The Morgan fingerprint density at radius 3 is 2.67 bits per heavy atom. The van der Waals surface area contributed by atoms with Crippen LogP contribution in [0, 0.1) is 5.92 Å². The number of benzene rings is 1. The van der Waals surface area contributed by atoms with Crippen LogP contribution < -0.4 is 10.6 Å². The topological polar surface area (TPSA) is 77.0 Å². The molecule has 7 nitrogen and oxygen atoms in total. The number of nitrogens with one attached hydrogen (secondary N) is 2. The van der Waals surface area contributed by atoms with Crippen LogP contribution in [0.4, 0.5) is 0 Å². The van der Waals surface area contributed by atoms with Gasteiger partial charge in [-0.3, -0.25) is 14.6 Å². The zero-order valence-corrected chi connectivity index (χ0v) is 21.1. The maximum atomic E-state index is 12.2. The van der Waals surface area contributed by atoms with Gasteiger partial charge in [0.1, 0.15) is 0 Å². The fourth-order valence-corrected chi connectivity index (χ4v) is 3.37. The molecule has 1 aromatic carbocycles. The van der Waals surface area contributed by atoms with E-state index in [4.69, 9.17) is 0 Å². The van der Waals surface area contributed by atoms with Gasteiger partial charge >= 0.3 is 0 Å². The molecule has 0 saturated carbocycles. The number of halogens is 1. The smallest absolute Gasteiger partial charge is 0.253 e. The zero-order valence-electron chi connectivity index (χ0n) is 18.8. The Morgan fingerprint density at radius 1 is 1.30 bits per heavy atom. The van der Waals surface area contributed by atoms with Gasteiger partial charge in [-0.25, -0.2) is 0 Å². The van der Waals surface area contributed by atoms with Crippen molar-refractivity contribution in [1.82, 2.24) is 20.4 Å². The van der Waals surface area contributed by atoms with E-state index >= 15 is 0 Å². The Bertz CT molecular complexity index is 736. The van der Waals surface area contributed by atoms with Crippen LogP contribution in [0.2, 0.25) is 0 Å². The molecule has 2 rings (SSSR count). The number of nitrogens with zero attached hydrogens (tertiary/aromatic N) is 3. The van der Waals surface area contributed by atoms with E-state index in [9.17, 15) is 9.59 Å². The van der Waals surface area contributed by atoms with Crippen molar-refractivity contribution in [2.24, 2.45) is 10.9 Å². The predicted octanol–water partition coefficient (Wildman–Crippen LogP) is 2.36. The van der Waals surface area contributed by atoms with Gasteiger partial charge in [0.2, 0.25) is 5.91 Å². The molecule has 8 heteroatoms. The lowest BCUT2D eigenvalue weighted by Gasteiger charge is -2.20. The van der Waals surface area contributed by atoms with Gasteiger partial charge in [-0.2, -0.15) is 0 Å². The molecule has 1 atom stereocenters. The fourth-order valence-electron chi connectivity index (χ4n) is 3.37. The van der Waals surface area contributed by atoms with Gasteiger partial charge in [0.25, 0.3) is 5.91 Å². The van der Waals surface area contributed by atoms with Crippen LogP contribution in [0.25, 0.3) is 0 Å². The quantitative estimate of drug-likeness (QED) is 0.323. The molecule has 0 aliphatic carbocycles. The summed E-state index contributed by atoms with van der Waals surface area (Å²) in [5.74, 6) is 1.03. The van der Waals surface area contributed by atoms with E-state index in [0.717, 1.165) is 44.0 Å². The van der Waals surface area contributed by atoms with Gasteiger partial charge in [0.15, 0.2) is 5.96 Å². The number of guanidine groups is 1. The van der Waals surface area contributed by atoms with Gasteiger partial charge in [-0.15, -0.1) is 24.0 Å². The van der Waals surface area contributed by atoms with Crippen molar-refractivity contribution in [2.75, 3.05) is 40.3 Å². The maximum absolute atomic E-state index is 12.2. The number of rotatable bonds is 7. The van der Waals surface area contributed by atoms with E-state index in [1.165, 1.54) is 0 Å². The molecule has 1 unspecified atom stereocenters. The fraction of sp³-hybridized carbons (Fsp3) is 0.591. The molecule has 168 valence electrons. The van der Waals surface area contributed by atoms with Crippen molar-refractivity contribution >= 4 is 41.8 Å². The summed E-state index contributed by atoms with van der Waals surface area (Å²) >= 11 is 0. The van der Waals surface area contributed by atoms with Crippen molar-refractivity contribution < 1.29 is 9.59 Å². The minimum atomic E-state index is 0. The molecule has 1 aliphatic heterocycles. The number of aliphatic imine (C=N–C) groups is 1. The molecule has 0 spiro atoms. The lowest BCUT2D eigenvalue weighted by Crippen LogP contribution is -2.45. The van der Waals surface area contributed by atoms with Crippen molar-refractivity contribution in [3.8, 4) is 0 Å². The van der Waals surface area contributed by atoms with Gasteiger partial charge in [0, 0.05) is 57.8 Å². The number of hydrogen-bond acceptors (Lipinski definition) is 3. The summed E-state index contributed by atoms with van der Waals surface area (Å²) in [4.78, 5) is 32.5. The molecular weight excluding hydrogens is 493 g/mol. The second kappa shape index (κ2) is 12.8. The maximum Gasteiger partial charge on any atom is 0.253 e. The van der Waals surface area contributed by atoms with Crippen LogP contribution in [0.3, 0.4) is 0 Å². The summed E-state index contributed by atoms with van der Waals surface area (Å²) in [5, 5.41) is 6.74. The molecule has 2 amide bonds. The standard InChI is InChI=1S/C22H35N5O2.HI/c1-6-23-22(25-19-11-13-27(15-19)20(28)16(2)3)24-12-10-17-8-7-9-18(14-17)21(29)26(4)5;/h7-9,14,16,19H,6,10-13,15H2,1-5H3,(H2,23,24,25);1H. The van der Waals surface area contributed by atoms with Gasteiger partial charge in [-0.05, 0) is 37.5 Å². The minimum Gasteiger partial charge on any atom is -0.357 e. The highest BCUT2D eigenvalue weighted by atomic mass is 127. The molecule has 1 saturated heterocycles. The molecule has 2 N–H and O–H groups in total. The average Bonchev–Trinajstić information content (AvgIpc) is 3.15. The number of carbonyl (C=O) groups excluding carboxylic acids is 2. The molecule has 1 aliphatic rings. The molecule has 0 aromatic heterocycles. The van der Waals surface area contributed by atoms with Gasteiger partial charge in [-0.1, -0.05) is 26.0 Å². The third-order valence-corrected chi connectivity index (χ3v) is 4.93. The van der Waals surface area contributed by atoms with Crippen LogP contribution in [-0.4, -0.2) is 73.9 Å². The van der Waals surface area contributed by atoms with E-state index < -0.39 is 0 Å². The predicted molar refractivity (Wildman–Crippen MR) is 133 cm³/mol. The lowest BCUT2D eigenvalue weighted by atomic mass is 10.1. The molecular formula is C22H36IN5O2. The summed E-state index contributed by atoms with van der Waals surface area (Å²) in [6, 6.07) is 7.93. The van der Waals surface area contributed by atoms with Crippen molar-refractivity contribution in [2.45, 2.75) is 39.7 Å². The van der Waals surface area contributed by atoms with Gasteiger partial charge in [0.05, 0.1) is 0 Å². The third kappa shape index (κ3) is 7.77. The second-order valence-electron chi connectivity index (χ2n) is 7.98. The first-order valence-electron chi connectivity index (χ1n) is 10.5. The third-order valence-electron chi connectivity index (χ3n) is 4.93. The van der Waals surface area contributed by atoms with Crippen molar-refractivity contribution in [1.29, 1.82) is 0 Å². The van der Waals surface area contributed by atoms with E-state index in [0.29, 0.717) is 12.1 Å². The van der Waals surface area contributed by atoms with E-state index in [1.54, 1.807) is 19.0 Å². The summed E-state index contributed by atoms with van der Waals surface area (Å²) in [7, 11) is 3.51. The Morgan fingerprint density at radius 2 is 2.03 bits per heavy atom. The molecule has 1 fully saturated rings. The molecule has 0 bridgehead atoms. The highest BCUT2D eigenvalue weighted by Gasteiger charge is 2.27. The van der Waals surface area contributed by atoms with E-state index in [-0.39, 0.29) is 47.8 Å². The van der Waals surface area contributed by atoms with Crippen molar-refractivity contribution in [3.05, 3.63) is 35.4 Å². The number of hydrogen-bond donors (Lipinski definition) is 2. The number of carbonyl (C=O) groups is 2. The van der Waals surface area contributed by atoms with Crippen LogP contribution in [0.5, 0.6) is 0 Å². The summed E-state index contributed by atoms with van der Waals surface area (Å²) in [6.07, 6.45) is 1.69. The lowest BCUT2D eigenvalue weighted by molar-refractivity contribution is -0.133. The second-order valence-corrected chi connectivity index (χ2v) is 7.98. The van der Waals surface area contributed by atoms with Crippen molar-refractivity contribution in [3.63, 3.8) is 0 Å². The van der Waals surface area contributed by atoms with Crippen LogP contribution in [0.1, 0.15) is 43.1 Å². The Labute approximate surface area is 197 Å². The first-order chi connectivity index (χ1) is 13.8. The number of likely N-dealkylation sites (tertiary alicyclic amines) is 1. The van der Waals surface area contributed by atoms with Crippen LogP contribution in [-0.2, 0) is 11.2 Å². The average molecular weight is 529 g/mol. The Hall–Kier alpha value is -1.84. The highest BCUT2D eigenvalue weighted by Crippen LogP contribution is 2.13. The highest BCUT2D eigenvalue weighted by molar-refractivity contribution is 14.0. The molecule has 1 heterocycles. The monoisotopic (exact) mass is 529 g/mol. The van der Waals surface area contributed by atoms with E-state index in [1.807, 2.05) is 49.9 Å². The largest absolute Gasteiger partial charge is 0.357 e. The number of amides is 2. The summed E-state index contributed by atoms with van der Waals surface area (Å²) in [6.45, 7) is 8.83. The van der Waals surface area contributed by atoms with E-state index in [2.05, 4.69) is 15.6 Å². The first kappa shape index (κ1) is 26.2. The molecule has 1 aromatic rings. The summed E-state index contributed by atoms with van der Waals surface area (Å²) in [5.41, 5.74) is 1.79. The molecule has 0 radical (unpaired) electrons.